The summed E-state index contributed by atoms with van der Waals surface area (Å²) in [7, 11) is 0. The standard InChI is InChI=1S/C43H26N2O/c1-2-15-28-27(13-1)14-11-19-31(28)40-32-18-5-9-25-38(32)44-42(45-40)33-20-12-24-37-41(33)46-39-26-10-8-23-36(39)43(37)34-21-6-3-16-29(34)30-17-4-7-22-35(30)43/h1-26H. The third kappa shape index (κ3) is 3.32. The van der Waals surface area contributed by atoms with Gasteiger partial charge in [-0.3, -0.25) is 0 Å². The molecule has 46 heavy (non-hydrogen) atoms. The van der Waals surface area contributed by atoms with Crippen LogP contribution in [0.4, 0.5) is 0 Å². The van der Waals surface area contributed by atoms with Gasteiger partial charge in [0.25, 0.3) is 0 Å². The average Bonchev–Trinajstić information content (AvgIpc) is 3.42. The molecule has 0 bridgehead atoms. The minimum absolute atomic E-state index is 0.539. The number of nitrogens with zero attached hydrogens (tertiary/aromatic N) is 2. The van der Waals surface area contributed by atoms with E-state index >= 15 is 0 Å². The molecule has 1 aromatic heterocycles. The SMILES string of the molecule is c1ccc2c(c1)Oc1c(-c3nc(-c4cccc5ccccc45)c4ccccc4n3)cccc1C21c2ccccc2-c2ccccc21. The first kappa shape index (κ1) is 25.3. The van der Waals surface area contributed by atoms with Gasteiger partial charge in [-0.05, 0) is 51.2 Å². The molecule has 7 aromatic carbocycles. The highest BCUT2D eigenvalue weighted by molar-refractivity contribution is 6.03. The van der Waals surface area contributed by atoms with Crippen LogP contribution in [0.5, 0.6) is 11.5 Å². The zero-order valence-corrected chi connectivity index (χ0v) is 24.8. The first-order valence-electron chi connectivity index (χ1n) is 15.7. The maximum Gasteiger partial charge on any atom is 0.164 e. The number of ether oxygens (including phenoxy) is 1. The average molecular weight is 587 g/mol. The Bertz CT molecular complexity index is 2480. The molecule has 2 aliphatic rings. The van der Waals surface area contributed by atoms with Crippen LogP contribution in [0.2, 0.25) is 0 Å². The van der Waals surface area contributed by atoms with Crippen LogP contribution in [0, 0.1) is 0 Å². The van der Waals surface area contributed by atoms with Crippen LogP contribution in [0.1, 0.15) is 22.3 Å². The molecule has 8 aromatic rings. The molecule has 0 atom stereocenters. The molecule has 2 heterocycles. The summed E-state index contributed by atoms with van der Waals surface area (Å²) in [4.78, 5) is 10.6. The zero-order valence-electron chi connectivity index (χ0n) is 24.8. The summed E-state index contributed by atoms with van der Waals surface area (Å²) >= 11 is 0. The van der Waals surface area contributed by atoms with Crippen molar-refractivity contribution in [2.75, 3.05) is 0 Å². The zero-order chi connectivity index (χ0) is 30.2. The van der Waals surface area contributed by atoms with Gasteiger partial charge in [0, 0.05) is 22.1 Å². The van der Waals surface area contributed by atoms with E-state index in [-0.39, 0.29) is 0 Å². The Balaban J connectivity index is 1.29. The fourth-order valence-electron chi connectivity index (χ4n) is 7.89. The summed E-state index contributed by atoms with van der Waals surface area (Å²) in [6.45, 7) is 0. The third-order valence-electron chi connectivity index (χ3n) is 9.76. The minimum Gasteiger partial charge on any atom is -0.456 e. The number of aromatic nitrogens is 2. The van der Waals surface area contributed by atoms with E-state index in [1.165, 1.54) is 27.6 Å². The highest BCUT2D eigenvalue weighted by Gasteiger charge is 2.51. The first-order chi connectivity index (χ1) is 22.8. The van der Waals surface area contributed by atoms with Crippen LogP contribution < -0.4 is 4.74 Å². The molecule has 0 unspecified atom stereocenters. The molecule has 3 nitrogen and oxygen atoms in total. The van der Waals surface area contributed by atoms with E-state index in [2.05, 4.69) is 152 Å². The van der Waals surface area contributed by atoms with Crippen molar-refractivity contribution in [2.45, 2.75) is 5.41 Å². The number of rotatable bonds is 2. The third-order valence-corrected chi connectivity index (χ3v) is 9.76. The van der Waals surface area contributed by atoms with Gasteiger partial charge in [-0.2, -0.15) is 0 Å². The molecule has 0 saturated carbocycles. The predicted molar refractivity (Wildman–Crippen MR) is 185 cm³/mol. The van der Waals surface area contributed by atoms with Gasteiger partial charge < -0.3 is 4.74 Å². The van der Waals surface area contributed by atoms with Crippen LogP contribution in [-0.4, -0.2) is 9.97 Å². The molecule has 1 aliphatic heterocycles. The predicted octanol–water partition coefficient (Wildman–Crippen LogP) is 10.6. The second kappa shape index (κ2) is 9.47. The molecule has 3 heteroatoms. The summed E-state index contributed by atoms with van der Waals surface area (Å²) in [6.07, 6.45) is 0. The summed E-state index contributed by atoms with van der Waals surface area (Å²) in [5.41, 5.74) is 10.5. The highest BCUT2D eigenvalue weighted by Crippen LogP contribution is 2.63. The quantitative estimate of drug-likeness (QED) is 0.202. The van der Waals surface area contributed by atoms with Crippen LogP contribution in [0.3, 0.4) is 0 Å². The molecule has 1 aliphatic carbocycles. The van der Waals surface area contributed by atoms with Crippen molar-refractivity contribution in [2.24, 2.45) is 0 Å². The molecule has 10 rings (SSSR count). The Morgan fingerprint density at radius 3 is 1.80 bits per heavy atom. The Kier molecular flexibility index (Phi) is 5.20. The molecule has 0 radical (unpaired) electrons. The van der Waals surface area contributed by atoms with Crippen molar-refractivity contribution >= 4 is 21.7 Å². The first-order valence-corrected chi connectivity index (χ1v) is 15.7. The van der Waals surface area contributed by atoms with Crippen LogP contribution in [0.25, 0.3) is 55.4 Å². The molecule has 214 valence electrons. The van der Waals surface area contributed by atoms with E-state index in [4.69, 9.17) is 14.7 Å². The number of hydrogen-bond donors (Lipinski definition) is 0. The maximum atomic E-state index is 6.93. The lowest BCUT2D eigenvalue weighted by Gasteiger charge is -2.39. The smallest absolute Gasteiger partial charge is 0.164 e. The minimum atomic E-state index is -0.539. The molecule has 0 fully saturated rings. The molecule has 1 spiro atoms. The van der Waals surface area contributed by atoms with Gasteiger partial charge in [-0.15, -0.1) is 0 Å². The Hall–Kier alpha value is -6.06. The Labute approximate surface area is 266 Å². The Morgan fingerprint density at radius 1 is 0.413 bits per heavy atom. The van der Waals surface area contributed by atoms with Crippen LogP contribution in [0.15, 0.2) is 158 Å². The van der Waals surface area contributed by atoms with Crippen molar-refractivity contribution in [3.63, 3.8) is 0 Å². The number of benzene rings is 7. The lowest BCUT2D eigenvalue weighted by atomic mass is 9.66. The summed E-state index contributed by atoms with van der Waals surface area (Å²) in [5.74, 6) is 2.29. The van der Waals surface area contributed by atoms with Crippen molar-refractivity contribution in [1.82, 2.24) is 9.97 Å². The van der Waals surface area contributed by atoms with Crippen molar-refractivity contribution in [3.05, 3.63) is 180 Å². The number of para-hydroxylation sites is 3. The lowest BCUT2D eigenvalue weighted by molar-refractivity contribution is 0.438. The van der Waals surface area contributed by atoms with Crippen molar-refractivity contribution < 1.29 is 4.74 Å². The van der Waals surface area contributed by atoms with E-state index in [0.717, 1.165) is 55.7 Å². The monoisotopic (exact) mass is 586 g/mol. The number of hydrogen-bond acceptors (Lipinski definition) is 3. The van der Waals surface area contributed by atoms with E-state index in [1.807, 2.05) is 6.07 Å². The van der Waals surface area contributed by atoms with Crippen LogP contribution in [-0.2, 0) is 5.41 Å². The summed E-state index contributed by atoms with van der Waals surface area (Å²) in [6, 6.07) is 55.7. The fourth-order valence-corrected chi connectivity index (χ4v) is 7.89. The van der Waals surface area contributed by atoms with Gasteiger partial charge in [0.05, 0.1) is 22.2 Å². The summed E-state index contributed by atoms with van der Waals surface area (Å²) < 4.78 is 6.93. The molecular formula is C43H26N2O. The lowest BCUT2D eigenvalue weighted by Crippen LogP contribution is -2.32. The topological polar surface area (TPSA) is 35.0 Å². The Morgan fingerprint density at radius 2 is 0.978 bits per heavy atom. The molecular weight excluding hydrogens is 560 g/mol. The fraction of sp³-hybridized carbons (Fsp3) is 0.0233. The normalized spacial score (nSPS) is 13.6. The highest BCUT2D eigenvalue weighted by atomic mass is 16.5. The van der Waals surface area contributed by atoms with E-state index < -0.39 is 5.41 Å². The van der Waals surface area contributed by atoms with Gasteiger partial charge in [0.1, 0.15) is 11.5 Å². The molecule has 0 amide bonds. The second-order valence-electron chi connectivity index (χ2n) is 12.1. The largest absolute Gasteiger partial charge is 0.456 e. The van der Waals surface area contributed by atoms with Crippen molar-refractivity contribution in [3.8, 4) is 45.3 Å². The van der Waals surface area contributed by atoms with E-state index in [1.54, 1.807) is 0 Å². The van der Waals surface area contributed by atoms with Crippen molar-refractivity contribution in [1.29, 1.82) is 0 Å². The molecule has 0 N–H and O–H groups in total. The summed E-state index contributed by atoms with van der Waals surface area (Å²) in [5, 5.41) is 3.37. The van der Waals surface area contributed by atoms with Gasteiger partial charge in [-0.25, -0.2) is 9.97 Å². The maximum absolute atomic E-state index is 6.93. The van der Waals surface area contributed by atoms with Gasteiger partial charge in [0.2, 0.25) is 0 Å². The van der Waals surface area contributed by atoms with Gasteiger partial charge in [0.15, 0.2) is 5.82 Å². The van der Waals surface area contributed by atoms with Gasteiger partial charge >= 0.3 is 0 Å². The van der Waals surface area contributed by atoms with E-state index in [9.17, 15) is 0 Å². The second-order valence-corrected chi connectivity index (χ2v) is 12.1. The van der Waals surface area contributed by atoms with Crippen LogP contribution >= 0.6 is 0 Å². The van der Waals surface area contributed by atoms with E-state index in [0.29, 0.717) is 5.82 Å². The molecule has 0 saturated heterocycles. The van der Waals surface area contributed by atoms with Gasteiger partial charge in [-0.1, -0.05) is 140 Å². The number of fused-ring (bicyclic) bond motifs is 11.